The van der Waals surface area contributed by atoms with Gasteiger partial charge in [0.15, 0.2) is 11.5 Å². The van der Waals surface area contributed by atoms with Gasteiger partial charge in [-0.2, -0.15) is 4.31 Å². The summed E-state index contributed by atoms with van der Waals surface area (Å²) in [7, 11) is -3.62. The van der Waals surface area contributed by atoms with Gasteiger partial charge in [-0.25, -0.2) is 8.42 Å². The minimum Gasteiger partial charge on any atom is -0.486 e. The highest BCUT2D eigenvalue weighted by Gasteiger charge is 2.33. The van der Waals surface area contributed by atoms with E-state index in [1.54, 1.807) is 12.1 Å². The minimum atomic E-state index is -3.62. The summed E-state index contributed by atoms with van der Waals surface area (Å²) in [4.78, 5) is 12.6. The lowest BCUT2D eigenvalue weighted by Gasteiger charge is -2.31. The lowest BCUT2D eigenvalue weighted by Crippen LogP contribution is -2.45. The van der Waals surface area contributed by atoms with E-state index in [0.717, 1.165) is 0 Å². The quantitative estimate of drug-likeness (QED) is 0.823. The third kappa shape index (κ3) is 4.38. The number of nitrogens with zero attached hydrogens (tertiary/aromatic N) is 1. The Hall–Kier alpha value is -1.80. The number of amides is 1. The number of hydrogen-bond donors (Lipinski definition) is 1. The molecule has 0 aliphatic carbocycles. The Labute approximate surface area is 161 Å². The molecule has 1 unspecified atom stereocenters. The van der Waals surface area contributed by atoms with E-state index in [2.05, 4.69) is 19.2 Å². The molecule has 8 heteroatoms. The number of fused-ring (bicyclic) bond motifs is 1. The zero-order chi connectivity index (χ0) is 19.6. The topological polar surface area (TPSA) is 84.9 Å². The number of sulfonamides is 1. The average molecular weight is 397 g/mol. The summed E-state index contributed by atoms with van der Waals surface area (Å²) in [6.45, 7) is 7.66. The van der Waals surface area contributed by atoms with E-state index in [-0.39, 0.29) is 22.8 Å². The first-order chi connectivity index (χ1) is 12.8. The Morgan fingerprint density at radius 1 is 1.11 bits per heavy atom. The fourth-order valence-electron chi connectivity index (χ4n) is 3.20. The summed E-state index contributed by atoms with van der Waals surface area (Å²) in [5.41, 5.74) is 0. The van der Waals surface area contributed by atoms with Gasteiger partial charge in [-0.1, -0.05) is 13.8 Å². The van der Waals surface area contributed by atoms with Crippen molar-refractivity contribution in [1.29, 1.82) is 0 Å². The average Bonchev–Trinajstić information content (AvgIpc) is 2.67. The number of carbonyl (C=O) groups excluding carboxylic acids is 1. The van der Waals surface area contributed by atoms with Gasteiger partial charge in [-0.3, -0.25) is 4.79 Å². The van der Waals surface area contributed by atoms with Crippen molar-refractivity contribution in [2.75, 3.05) is 26.3 Å². The molecule has 2 aliphatic rings. The molecule has 2 aliphatic heterocycles. The maximum atomic E-state index is 12.9. The van der Waals surface area contributed by atoms with Crippen LogP contribution in [0.2, 0.25) is 0 Å². The van der Waals surface area contributed by atoms with Gasteiger partial charge in [-0.05, 0) is 37.8 Å². The SMILES string of the molecule is CC(C)C(C)NC(=O)C1CCN(S(=O)(=O)c2ccc3c(c2)OCCO3)CC1. The molecule has 1 saturated heterocycles. The van der Waals surface area contributed by atoms with Crippen LogP contribution in [0.1, 0.15) is 33.6 Å². The number of carbonyl (C=O) groups is 1. The van der Waals surface area contributed by atoms with Crippen molar-refractivity contribution >= 4 is 15.9 Å². The third-order valence-corrected chi connectivity index (χ3v) is 7.24. The molecule has 1 aromatic carbocycles. The van der Waals surface area contributed by atoms with Crippen LogP contribution in [0.4, 0.5) is 0 Å². The van der Waals surface area contributed by atoms with Crippen LogP contribution >= 0.6 is 0 Å². The van der Waals surface area contributed by atoms with Crippen molar-refractivity contribution in [3.8, 4) is 11.5 Å². The first-order valence-corrected chi connectivity index (χ1v) is 10.9. The Bertz CT molecular complexity index is 785. The van der Waals surface area contributed by atoms with Crippen molar-refractivity contribution in [2.24, 2.45) is 11.8 Å². The predicted molar refractivity (Wildman–Crippen MR) is 101 cm³/mol. The molecule has 0 radical (unpaired) electrons. The molecule has 150 valence electrons. The van der Waals surface area contributed by atoms with Crippen LogP contribution in [0.5, 0.6) is 11.5 Å². The number of nitrogens with one attached hydrogen (secondary N) is 1. The fraction of sp³-hybridized carbons (Fsp3) is 0.632. The van der Waals surface area contributed by atoms with Gasteiger partial charge in [0, 0.05) is 31.1 Å². The van der Waals surface area contributed by atoms with E-state index in [1.165, 1.54) is 10.4 Å². The van der Waals surface area contributed by atoms with Crippen molar-refractivity contribution in [1.82, 2.24) is 9.62 Å². The van der Waals surface area contributed by atoms with E-state index >= 15 is 0 Å². The summed E-state index contributed by atoms with van der Waals surface area (Å²) in [5.74, 6) is 1.27. The second kappa shape index (κ2) is 8.06. The van der Waals surface area contributed by atoms with Crippen molar-refractivity contribution in [2.45, 2.75) is 44.6 Å². The second-order valence-electron chi connectivity index (χ2n) is 7.53. The molecule has 0 spiro atoms. The minimum absolute atomic E-state index is 0.0209. The molecule has 3 rings (SSSR count). The van der Waals surface area contributed by atoms with Gasteiger partial charge in [-0.15, -0.1) is 0 Å². The number of piperidine rings is 1. The maximum absolute atomic E-state index is 12.9. The molecular weight excluding hydrogens is 368 g/mol. The van der Waals surface area contributed by atoms with Gasteiger partial charge >= 0.3 is 0 Å². The Morgan fingerprint density at radius 3 is 2.37 bits per heavy atom. The molecule has 0 saturated carbocycles. The van der Waals surface area contributed by atoms with Crippen molar-refractivity contribution < 1.29 is 22.7 Å². The molecule has 2 heterocycles. The summed E-state index contributed by atoms with van der Waals surface area (Å²) in [5, 5.41) is 3.03. The Balaban J connectivity index is 1.64. The van der Waals surface area contributed by atoms with Crippen LogP contribution in [0.15, 0.2) is 23.1 Å². The van der Waals surface area contributed by atoms with Gasteiger partial charge < -0.3 is 14.8 Å². The maximum Gasteiger partial charge on any atom is 0.243 e. The van der Waals surface area contributed by atoms with Gasteiger partial charge in [0.05, 0.1) is 4.90 Å². The zero-order valence-corrected chi connectivity index (χ0v) is 16.9. The van der Waals surface area contributed by atoms with E-state index in [1.807, 2.05) is 6.92 Å². The smallest absolute Gasteiger partial charge is 0.243 e. The van der Waals surface area contributed by atoms with Crippen LogP contribution in [0.3, 0.4) is 0 Å². The van der Waals surface area contributed by atoms with Gasteiger partial charge in [0.2, 0.25) is 15.9 Å². The van der Waals surface area contributed by atoms with Crippen LogP contribution in [0.25, 0.3) is 0 Å². The summed E-state index contributed by atoms with van der Waals surface area (Å²) in [6.07, 6.45) is 1.06. The summed E-state index contributed by atoms with van der Waals surface area (Å²) >= 11 is 0. The van der Waals surface area contributed by atoms with Gasteiger partial charge in [0.25, 0.3) is 0 Å². The van der Waals surface area contributed by atoms with Crippen LogP contribution in [-0.2, 0) is 14.8 Å². The van der Waals surface area contributed by atoms with E-state index in [9.17, 15) is 13.2 Å². The van der Waals surface area contributed by atoms with E-state index in [4.69, 9.17) is 9.47 Å². The molecular formula is C19H28N2O5S. The zero-order valence-electron chi connectivity index (χ0n) is 16.1. The highest BCUT2D eigenvalue weighted by molar-refractivity contribution is 7.89. The first kappa shape index (κ1) is 19.9. The Morgan fingerprint density at radius 2 is 1.74 bits per heavy atom. The summed E-state index contributed by atoms with van der Waals surface area (Å²) in [6, 6.07) is 4.81. The monoisotopic (exact) mass is 396 g/mol. The highest BCUT2D eigenvalue weighted by atomic mass is 32.2. The summed E-state index contributed by atoms with van der Waals surface area (Å²) < 4.78 is 38.3. The molecule has 1 amide bonds. The van der Waals surface area contributed by atoms with Crippen molar-refractivity contribution in [3.05, 3.63) is 18.2 Å². The normalized spacial score (nSPS) is 19.7. The number of rotatable bonds is 5. The van der Waals surface area contributed by atoms with Crippen molar-refractivity contribution in [3.63, 3.8) is 0 Å². The van der Waals surface area contributed by atoms with Crippen LogP contribution in [-0.4, -0.2) is 51.0 Å². The molecule has 1 atom stereocenters. The van der Waals surface area contributed by atoms with E-state index < -0.39 is 10.0 Å². The Kier molecular flexibility index (Phi) is 5.95. The largest absolute Gasteiger partial charge is 0.486 e. The van der Waals surface area contributed by atoms with E-state index in [0.29, 0.717) is 56.6 Å². The predicted octanol–water partition coefficient (Wildman–Crippen LogP) is 2.02. The van der Waals surface area contributed by atoms with Crippen LogP contribution in [0, 0.1) is 11.8 Å². The first-order valence-electron chi connectivity index (χ1n) is 9.49. The van der Waals surface area contributed by atoms with Gasteiger partial charge in [0.1, 0.15) is 13.2 Å². The molecule has 0 bridgehead atoms. The highest BCUT2D eigenvalue weighted by Crippen LogP contribution is 2.34. The number of ether oxygens (including phenoxy) is 2. The second-order valence-corrected chi connectivity index (χ2v) is 9.46. The number of benzene rings is 1. The molecule has 1 N–H and O–H groups in total. The lowest BCUT2D eigenvalue weighted by atomic mass is 9.96. The standard InChI is InChI=1S/C19H28N2O5S/c1-13(2)14(3)20-19(22)15-6-8-21(9-7-15)27(23,24)16-4-5-17-18(12-16)26-11-10-25-17/h4-5,12-15H,6-11H2,1-3H3,(H,20,22). The molecule has 0 aromatic heterocycles. The third-order valence-electron chi connectivity index (χ3n) is 5.35. The fourth-order valence-corrected chi connectivity index (χ4v) is 4.69. The van der Waals surface area contributed by atoms with Crippen LogP contribution < -0.4 is 14.8 Å². The lowest BCUT2D eigenvalue weighted by molar-refractivity contribution is -0.127. The molecule has 1 aromatic rings. The molecule has 1 fully saturated rings. The number of hydrogen-bond acceptors (Lipinski definition) is 5. The molecule has 7 nitrogen and oxygen atoms in total. The molecule has 27 heavy (non-hydrogen) atoms.